The normalized spacial score (nSPS) is 15.7. The van der Waals surface area contributed by atoms with Crippen LogP contribution in [0, 0.1) is 0 Å². The minimum absolute atomic E-state index is 0.397. The molecule has 0 saturated carbocycles. The summed E-state index contributed by atoms with van der Waals surface area (Å²) < 4.78 is 1.75. The van der Waals surface area contributed by atoms with Crippen molar-refractivity contribution >= 4 is 34.8 Å². The van der Waals surface area contributed by atoms with Gasteiger partial charge in [0.15, 0.2) is 4.80 Å². The minimum Gasteiger partial charge on any atom is -0.480 e. The lowest BCUT2D eigenvalue weighted by molar-refractivity contribution is -0.141. The van der Waals surface area contributed by atoms with Gasteiger partial charge in [0.05, 0.1) is 0 Å². The first-order valence-corrected chi connectivity index (χ1v) is 9.51. The van der Waals surface area contributed by atoms with Crippen LogP contribution >= 0.6 is 22.9 Å². The van der Waals surface area contributed by atoms with Gasteiger partial charge in [0.1, 0.15) is 6.04 Å². The molecule has 0 spiro atoms. The van der Waals surface area contributed by atoms with Crippen LogP contribution < -0.4 is 4.80 Å². The van der Waals surface area contributed by atoms with E-state index in [-0.39, 0.29) is 0 Å². The molecule has 0 aliphatic heterocycles. The second kappa shape index (κ2) is 7.54. The van der Waals surface area contributed by atoms with Gasteiger partial charge in [-0.2, -0.15) is 4.99 Å². The van der Waals surface area contributed by atoms with E-state index in [4.69, 9.17) is 11.6 Å². The van der Waals surface area contributed by atoms with Crippen LogP contribution in [-0.4, -0.2) is 21.6 Å². The number of hydrogen-bond donors (Lipinski definition) is 1. The summed E-state index contributed by atoms with van der Waals surface area (Å²) in [5.74, 6) is -1.31. The zero-order valence-corrected chi connectivity index (χ0v) is 15.4. The first kappa shape index (κ1) is 17.9. The summed E-state index contributed by atoms with van der Waals surface area (Å²) in [7, 11) is 0. The Labute approximate surface area is 154 Å². The van der Waals surface area contributed by atoms with E-state index in [9.17, 15) is 14.7 Å². The molecule has 1 unspecified atom stereocenters. The van der Waals surface area contributed by atoms with Crippen molar-refractivity contribution in [1.29, 1.82) is 0 Å². The summed E-state index contributed by atoms with van der Waals surface area (Å²) in [5, 5.41) is 10.1. The number of thiazole rings is 1. The molecule has 2 aromatic rings. The highest BCUT2D eigenvalue weighted by atomic mass is 35.5. The van der Waals surface area contributed by atoms with Gasteiger partial charge in [-0.25, -0.2) is 4.79 Å². The molecule has 0 radical (unpaired) electrons. The van der Waals surface area contributed by atoms with Crippen LogP contribution in [0.2, 0.25) is 5.02 Å². The monoisotopic (exact) mass is 378 g/mol. The van der Waals surface area contributed by atoms with Crippen LogP contribution in [0.4, 0.5) is 0 Å². The Kier molecular flexibility index (Phi) is 5.39. The molecule has 132 valence electrons. The fourth-order valence-electron chi connectivity index (χ4n) is 3.14. The summed E-state index contributed by atoms with van der Waals surface area (Å²) in [6.45, 7) is 1.83. The third-order valence-electron chi connectivity index (χ3n) is 4.35. The van der Waals surface area contributed by atoms with Crippen molar-refractivity contribution in [3.8, 4) is 0 Å². The number of aliphatic carboxylic acids is 1. The molecule has 1 aliphatic rings. The number of aromatic nitrogens is 1. The van der Waals surface area contributed by atoms with E-state index in [1.165, 1.54) is 11.3 Å². The van der Waals surface area contributed by atoms with Gasteiger partial charge >= 0.3 is 5.97 Å². The molecular weight excluding hydrogens is 360 g/mol. The van der Waals surface area contributed by atoms with Crippen LogP contribution in [0.5, 0.6) is 0 Å². The second-order valence-corrected chi connectivity index (χ2v) is 7.52. The molecule has 1 N–H and O–H groups in total. The maximum Gasteiger partial charge on any atom is 0.326 e. The van der Waals surface area contributed by atoms with Gasteiger partial charge < -0.3 is 9.67 Å². The Morgan fingerprint density at radius 2 is 2.12 bits per heavy atom. The Morgan fingerprint density at radius 3 is 2.80 bits per heavy atom. The van der Waals surface area contributed by atoms with Gasteiger partial charge in [-0.1, -0.05) is 24.6 Å². The van der Waals surface area contributed by atoms with Gasteiger partial charge in [-0.15, -0.1) is 11.3 Å². The van der Waals surface area contributed by atoms with Gasteiger partial charge in [0.2, 0.25) is 0 Å². The van der Waals surface area contributed by atoms with E-state index in [2.05, 4.69) is 4.99 Å². The first-order chi connectivity index (χ1) is 12.0. The standard InChI is InChI=1S/C18H19ClN2O3S/c1-2-13(17(23)24)21-14-8-3-4-9-15(14)25-18(21)20-16(22)11-6-5-7-12(19)10-11/h5-7,10,13H,2-4,8-9H2,1H3,(H,23,24). The number of amides is 1. The summed E-state index contributed by atoms with van der Waals surface area (Å²) in [6.07, 6.45) is 4.30. The van der Waals surface area contributed by atoms with Crippen molar-refractivity contribution < 1.29 is 14.7 Å². The van der Waals surface area contributed by atoms with Crippen LogP contribution in [0.3, 0.4) is 0 Å². The summed E-state index contributed by atoms with van der Waals surface area (Å²) in [6, 6.07) is 5.91. The van der Waals surface area contributed by atoms with E-state index >= 15 is 0 Å². The molecular formula is C18H19ClN2O3S. The van der Waals surface area contributed by atoms with Gasteiger partial charge in [0, 0.05) is 21.2 Å². The molecule has 0 saturated heterocycles. The molecule has 1 aliphatic carbocycles. The largest absolute Gasteiger partial charge is 0.480 e. The van der Waals surface area contributed by atoms with Crippen molar-refractivity contribution in [2.75, 3.05) is 0 Å². The van der Waals surface area contributed by atoms with Gasteiger partial charge in [-0.05, 0) is 50.3 Å². The summed E-state index contributed by atoms with van der Waals surface area (Å²) >= 11 is 7.38. The summed E-state index contributed by atoms with van der Waals surface area (Å²) in [5.41, 5.74) is 1.41. The van der Waals surface area contributed by atoms with Crippen molar-refractivity contribution in [1.82, 2.24) is 4.57 Å². The number of rotatable bonds is 4. The molecule has 25 heavy (non-hydrogen) atoms. The molecule has 1 heterocycles. The lowest BCUT2D eigenvalue weighted by atomic mass is 10.0. The van der Waals surface area contributed by atoms with Crippen molar-refractivity contribution in [3.05, 3.63) is 50.2 Å². The number of aryl methyl sites for hydroxylation is 1. The third-order valence-corrected chi connectivity index (χ3v) is 5.74. The third kappa shape index (κ3) is 3.70. The first-order valence-electron chi connectivity index (χ1n) is 8.31. The highest BCUT2D eigenvalue weighted by molar-refractivity contribution is 7.09. The van der Waals surface area contributed by atoms with Gasteiger partial charge in [-0.3, -0.25) is 4.79 Å². The van der Waals surface area contributed by atoms with Crippen molar-refractivity contribution in [2.45, 2.75) is 45.1 Å². The smallest absolute Gasteiger partial charge is 0.326 e. The number of carbonyl (C=O) groups excluding carboxylic acids is 1. The number of carboxylic acids is 1. The number of carboxylic acid groups (broad SMARTS) is 1. The SMILES string of the molecule is CCC(C(=O)O)n1c2c(sc1=NC(=O)c1cccc(Cl)c1)CCCC2. The molecule has 1 aromatic heterocycles. The highest BCUT2D eigenvalue weighted by Gasteiger charge is 2.26. The number of hydrogen-bond acceptors (Lipinski definition) is 3. The number of halogens is 1. The molecule has 1 atom stereocenters. The number of fused-ring (bicyclic) bond motifs is 1. The summed E-state index contributed by atoms with van der Waals surface area (Å²) in [4.78, 5) is 30.1. The quantitative estimate of drug-likeness (QED) is 0.878. The van der Waals surface area contributed by atoms with Gasteiger partial charge in [0.25, 0.3) is 5.91 Å². The van der Waals surface area contributed by atoms with E-state index in [0.29, 0.717) is 21.8 Å². The van der Waals surface area contributed by atoms with E-state index in [1.54, 1.807) is 28.8 Å². The van der Waals surface area contributed by atoms with E-state index in [0.717, 1.165) is 36.3 Å². The minimum atomic E-state index is -0.898. The van der Waals surface area contributed by atoms with E-state index < -0.39 is 17.9 Å². The Balaban J connectivity index is 2.13. The maximum atomic E-state index is 12.5. The molecule has 0 fully saturated rings. The van der Waals surface area contributed by atoms with Crippen molar-refractivity contribution in [3.63, 3.8) is 0 Å². The Morgan fingerprint density at radius 1 is 1.36 bits per heavy atom. The fourth-order valence-corrected chi connectivity index (χ4v) is 4.58. The Hall–Kier alpha value is -1.92. The zero-order valence-electron chi connectivity index (χ0n) is 13.9. The molecule has 5 nitrogen and oxygen atoms in total. The second-order valence-electron chi connectivity index (χ2n) is 6.02. The number of carbonyl (C=O) groups is 2. The molecule has 7 heteroatoms. The molecule has 1 aromatic carbocycles. The predicted octanol–water partition coefficient (Wildman–Crippen LogP) is 3.86. The van der Waals surface area contributed by atoms with E-state index in [1.807, 2.05) is 6.92 Å². The predicted molar refractivity (Wildman–Crippen MR) is 97.3 cm³/mol. The average Bonchev–Trinajstić information content (AvgIpc) is 2.93. The van der Waals surface area contributed by atoms with Crippen molar-refractivity contribution in [2.24, 2.45) is 4.99 Å². The average molecular weight is 379 g/mol. The lowest BCUT2D eigenvalue weighted by Crippen LogP contribution is -2.29. The number of nitrogens with zero attached hydrogens (tertiary/aromatic N) is 2. The molecule has 0 bridgehead atoms. The van der Waals surface area contributed by atoms with Crippen LogP contribution in [0.15, 0.2) is 29.3 Å². The van der Waals surface area contributed by atoms with Crippen LogP contribution in [0.25, 0.3) is 0 Å². The molecule has 3 rings (SSSR count). The lowest BCUT2D eigenvalue weighted by Gasteiger charge is -2.19. The van der Waals surface area contributed by atoms with Crippen LogP contribution in [-0.2, 0) is 17.6 Å². The molecule has 1 amide bonds. The van der Waals surface area contributed by atoms with Crippen LogP contribution in [0.1, 0.15) is 53.2 Å². The Bertz CT molecular complexity index is 885. The topological polar surface area (TPSA) is 71.7 Å². The maximum absolute atomic E-state index is 12.5. The number of benzene rings is 1. The zero-order chi connectivity index (χ0) is 18.0. The fraction of sp³-hybridized carbons (Fsp3) is 0.389. The highest BCUT2D eigenvalue weighted by Crippen LogP contribution is 2.27.